The number of nitrogens with zero attached hydrogens (tertiary/aromatic N) is 1. The van der Waals surface area contributed by atoms with Crippen molar-refractivity contribution in [3.8, 4) is 0 Å². The van der Waals surface area contributed by atoms with Gasteiger partial charge < -0.3 is 19.8 Å². The van der Waals surface area contributed by atoms with E-state index >= 15 is 0 Å². The summed E-state index contributed by atoms with van der Waals surface area (Å²) in [6.07, 6.45) is 4.96. The zero-order chi connectivity index (χ0) is 24.9. The molecule has 10 heteroatoms. The van der Waals surface area contributed by atoms with Crippen molar-refractivity contribution in [1.29, 1.82) is 0 Å². The first-order valence-corrected chi connectivity index (χ1v) is 11.3. The van der Waals surface area contributed by atoms with E-state index in [2.05, 4.69) is 15.6 Å². The van der Waals surface area contributed by atoms with Crippen molar-refractivity contribution in [2.45, 2.75) is 51.0 Å². The van der Waals surface area contributed by atoms with Gasteiger partial charge in [-0.3, -0.25) is 9.59 Å². The monoisotopic (exact) mass is 487 g/mol. The number of hydrogen-bond acceptors (Lipinski definition) is 6. The second-order valence-corrected chi connectivity index (χ2v) is 8.31. The van der Waals surface area contributed by atoms with Crippen LogP contribution in [0.4, 0.5) is 30.6 Å². The van der Waals surface area contributed by atoms with Gasteiger partial charge >= 0.3 is 5.97 Å². The zero-order valence-electron chi connectivity index (χ0n) is 18.9. The average Bonchev–Trinajstić information content (AvgIpc) is 3.32. The molecule has 0 spiro atoms. The Hall–Kier alpha value is -3.82. The van der Waals surface area contributed by atoms with Gasteiger partial charge in [-0.1, -0.05) is 19.1 Å². The van der Waals surface area contributed by atoms with Crippen LogP contribution < -0.4 is 10.6 Å². The van der Waals surface area contributed by atoms with E-state index < -0.39 is 23.4 Å². The maximum absolute atomic E-state index is 13.8. The number of ether oxygens (including phenoxy) is 1. The Kier molecular flexibility index (Phi) is 7.38. The molecule has 2 atom stereocenters. The largest absolute Gasteiger partial charge is 0.462 e. The molecule has 7 nitrogen and oxygen atoms in total. The molecule has 4 rings (SSSR count). The van der Waals surface area contributed by atoms with Crippen molar-refractivity contribution in [2.24, 2.45) is 0 Å². The van der Waals surface area contributed by atoms with Crippen molar-refractivity contribution in [3.63, 3.8) is 0 Å². The lowest BCUT2D eigenvalue weighted by Gasteiger charge is -2.29. The van der Waals surface area contributed by atoms with Gasteiger partial charge in [0.2, 0.25) is 0 Å². The fourth-order valence-corrected chi connectivity index (χ4v) is 4.03. The molecule has 1 heterocycles. The first-order valence-electron chi connectivity index (χ1n) is 11.3. The highest BCUT2D eigenvalue weighted by atomic mass is 19.2. The van der Waals surface area contributed by atoms with E-state index in [9.17, 15) is 22.8 Å². The molecule has 0 saturated heterocycles. The van der Waals surface area contributed by atoms with Gasteiger partial charge in [0.25, 0.3) is 11.9 Å². The SMILES string of the molecule is CCC(=O)OC1CCCC(c2ccc(NC(=O)c3coc(Nc4cc(F)c(F)cc4F)n3)cc2)C1. The highest BCUT2D eigenvalue weighted by Crippen LogP contribution is 2.35. The number of benzene rings is 2. The fraction of sp³-hybridized carbons (Fsp3) is 0.320. The predicted molar refractivity (Wildman–Crippen MR) is 122 cm³/mol. The highest BCUT2D eigenvalue weighted by Gasteiger charge is 2.25. The van der Waals surface area contributed by atoms with Gasteiger partial charge in [-0.05, 0) is 49.3 Å². The molecule has 184 valence electrons. The van der Waals surface area contributed by atoms with Crippen molar-refractivity contribution >= 4 is 29.3 Å². The molecule has 0 radical (unpaired) electrons. The number of nitrogens with one attached hydrogen (secondary N) is 2. The number of halogens is 3. The number of anilines is 3. The molecule has 3 aromatic rings. The molecule has 1 fully saturated rings. The van der Waals surface area contributed by atoms with Crippen LogP contribution in [-0.2, 0) is 9.53 Å². The maximum Gasteiger partial charge on any atom is 0.305 e. The Morgan fingerprint density at radius 2 is 1.83 bits per heavy atom. The second-order valence-electron chi connectivity index (χ2n) is 8.31. The van der Waals surface area contributed by atoms with Gasteiger partial charge in [0.15, 0.2) is 17.3 Å². The maximum atomic E-state index is 13.8. The standard InChI is InChI=1S/C25H24F3N3O4/c1-2-23(32)35-17-5-3-4-15(10-17)14-6-8-16(9-7-14)29-24(33)22-13-34-25(31-22)30-21-12-19(27)18(26)11-20(21)28/h6-9,11-13,15,17H,2-5,10H2,1H3,(H,29,33)(H,30,31). The Morgan fingerprint density at radius 1 is 1.09 bits per heavy atom. The Bertz CT molecular complexity index is 1210. The number of amides is 1. The summed E-state index contributed by atoms with van der Waals surface area (Å²) in [5.74, 6) is -4.09. The first kappa shape index (κ1) is 24.3. The van der Waals surface area contributed by atoms with Crippen LogP contribution in [-0.4, -0.2) is 23.0 Å². The van der Waals surface area contributed by atoms with E-state index in [1.807, 2.05) is 12.1 Å². The second kappa shape index (κ2) is 10.6. The van der Waals surface area contributed by atoms with Gasteiger partial charge in [0.1, 0.15) is 18.2 Å². The van der Waals surface area contributed by atoms with E-state index in [1.54, 1.807) is 19.1 Å². The van der Waals surface area contributed by atoms with E-state index in [-0.39, 0.29) is 35.4 Å². The smallest absolute Gasteiger partial charge is 0.305 e. The molecule has 2 unspecified atom stereocenters. The number of aromatic nitrogens is 1. The third-order valence-corrected chi connectivity index (χ3v) is 5.84. The summed E-state index contributed by atoms with van der Waals surface area (Å²) in [5, 5.41) is 5.07. The molecule has 0 aliphatic heterocycles. The minimum Gasteiger partial charge on any atom is -0.462 e. The fourth-order valence-electron chi connectivity index (χ4n) is 4.03. The molecule has 1 amide bonds. The van der Waals surface area contributed by atoms with E-state index in [4.69, 9.17) is 9.15 Å². The third kappa shape index (κ3) is 6.00. The van der Waals surface area contributed by atoms with Crippen LogP contribution in [0.1, 0.15) is 61.0 Å². The Labute approximate surface area is 199 Å². The first-order chi connectivity index (χ1) is 16.8. The number of rotatable bonds is 7. The van der Waals surface area contributed by atoms with Crippen LogP contribution in [0.25, 0.3) is 0 Å². The zero-order valence-corrected chi connectivity index (χ0v) is 18.9. The van der Waals surface area contributed by atoms with Crippen molar-refractivity contribution in [2.75, 3.05) is 10.6 Å². The van der Waals surface area contributed by atoms with Gasteiger partial charge in [-0.25, -0.2) is 13.2 Å². The molecule has 1 aliphatic carbocycles. The lowest BCUT2D eigenvalue weighted by Crippen LogP contribution is -2.24. The molecule has 2 aromatic carbocycles. The van der Waals surface area contributed by atoms with Gasteiger partial charge in [0.05, 0.1) is 5.69 Å². The van der Waals surface area contributed by atoms with Crippen molar-refractivity contribution < 1.29 is 31.9 Å². The lowest BCUT2D eigenvalue weighted by atomic mass is 9.82. The number of carbonyl (C=O) groups is 2. The molecule has 1 aromatic heterocycles. The third-order valence-electron chi connectivity index (χ3n) is 5.84. The molecule has 1 saturated carbocycles. The summed E-state index contributed by atoms with van der Waals surface area (Å²) in [7, 11) is 0. The number of hydrogen-bond donors (Lipinski definition) is 2. The van der Waals surface area contributed by atoms with Gasteiger partial charge in [0, 0.05) is 24.2 Å². The average molecular weight is 487 g/mol. The minimum absolute atomic E-state index is 0.0737. The summed E-state index contributed by atoms with van der Waals surface area (Å²) < 4.78 is 50.8. The normalized spacial score (nSPS) is 17.6. The molecular weight excluding hydrogens is 463 g/mol. The molecule has 2 N–H and O–H groups in total. The molecular formula is C25H24F3N3O4. The quantitative estimate of drug-likeness (QED) is 0.311. The summed E-state index contributed by atoms with van der Waals surface area (Å²) in [6.45, 7) is 1.78. The van der Waals surface area contributed by atoms with E-state index in [0.29, 0.717) is 24.2 Å². The molecule has 0 bridgehead atoms. The van der Waals surface area contributed by atoms with E-state index in [1.165, 1.54) is 0 Å². The number of carbonyl (C=O) groups excluding carboxylic acids is 2. The summed E-state index contributed by atoms with van der Waals surface area (Å²) in [4.78, 5) is 28.0. The summed E-state index contributed by atoms with van der Waals surface area (Å²) in [5.41, 5.74) is 1.16. The molecule has 35 heavy (non-hydrogen) atoms. The predicted octanol–water partition coefficient (Wildman–Crippen LogP) is 6.07. The van der Waals surface area contributed by atoms with Crippen LogP contribution in [0.3, 0.4) is 0 Å². The summed E-state index contributed by atoms with van der Waals surface area (Å²) in [6, 6.07) is 8.14. The number of esters is 1. The minimum atomic E-state index is -1.32. The van der Waals surface area contributed by atoms with E-state index in [0.717, 1.165) is 37.5 Å². The van der Waals surface area contributed by atoms with Gasteiger partial charge in [-0.2, -0.15) is 4.98 Å². The number of oxazole rings is 1. The van der Waals surface area contributed by atoms with Crippen LogP contribution in [0.2, 0.25) is 0 Å². The van der Waals surface area contributed by atoms with Crippen LogP contribution in [0, 0.1) is 17.5 Å². The topological polar surface area (TPSA) is 93.5 Å². The van der Waals surface area contributed by atoms with Crippen molar-refractivity contribution in [3.05, 3.63) is 71.4 Å². The van der Waals surface area contributed by atoms with Crippen LogP contribution >= 0.6 is 0 Å². The molecule has 1 aliphatic rings. The van der Waals surface area contributed by atoms with Crippen LogP contribution in [0.5, 0.6) is 0 Å². The van der Waals surface area contributed by atoms with Crippen LogP contribution in [0.15, 0.2) is 47.1 Å². The van der Waals surface area contributed by atoms with Gasteiger partial charge in [-0.15, -0.1) is 0 Å². The Morgan fingerprint density at radius 3 is 2.57 bits per heavy atom. The van der Waals surface area contributed by atoms with Crippen molar-refractivity contribution in [1.82, 2.24) is 4.98 Å². The lowest BCUT2D eigenvalue weighted by molar-refractivity contribution is -0.150. The Balaban J connectivity index is 1.35. The highest BCUT2D eigenvalue weighted by molar-refractivity contribution is 6.02. The summed E-state index contributed by atoms with van der Waals surface area (Å²) >= 11 is 0.